The van der Waals surface area contributed by atoms with Crippen LogP contribution in [0.25, 0.3) is 0 Å². The molecule has 0 spiro atoms. The number of hydrogen-bond donors (Lipinski definition) is 0. The maximum atomic E-state index is 11.8. The molecule has 0 radical (unpaired) electrons. The second-order valence-electron chi connectivity index (χ2n) is 6.34. The molecule has 0 aromatic carbocycles. The summed E-state index contributed by atoms with van der Waals surface area (Å²) >= 11 is 2.07. The molecule has 1 fully saturated rings. The molecule has 0 unspecified atom stereocenters. The predicted octanol–water partition coefficient (Wildman–Crippen LogP) is 0.469. The highest BCUT2D eigenvalue weighted by atomic mass is 127. The van der Waals surface area contributed by atoms with Crippen LogP contribution in [0.15, 0.2) is 6.33 Å². The van der Waals surface area contributed by atoms with Gasteiger partial charge in [-0.05, 0) is 0 Å². The quantitative estimate of drug-likeness (QED) is 0.206. The van der Waals surface area contributed by atoms with E-state index in [4.69, 9.17) is 23.7 Å². The maximum Gasteiger partial charge on any atom is 0.303 e. The first-order valence-corrected chi connectivity index (χ1v) is 10.4. The molecule has 166 valence electrons. The molecule has 0 aliphatic carbocycles. The highest BCUT2D eigenvalue weighted by Crippen LogP contribution is 2.35. The van der Waals surface area contributed by atoms with Gasteiger partial charge in [-0.25, -0.2) is 9.67 Å². The van der Waals surface area contributed by atoms with Gasteiger partial charge in [-0.3, -0.25) is 19.2 Å². The van der Waals surface area contributed by atoms with E-state index in [1.165, 1.54) is 24.9 Å². The van der Waals surface area contributed by atoms with Crippen LogP contribution in [0.5, 0.6) is 0 Å². The van der Waals surface area contributed by atoms with Crippen molar-refractivity contribution in [1.82, 2.24) is 14.8 Å². The molecular formula is C17H22IN3O9. The van der Waals surface area contributed by atoms with E-state index in [1.54, 1.807) is 0 Å². The summed E-state index contributed by atoms with van der Waals surface area (Å²) in [7, 11) is 0. The normalized spacial score (nSPS) is 25.8. The number of hydrogen-bond acceptors (Lipinski definition) is 11. The van der Waals surface area contributed by atoms with Crippen molar-refractivity contribution >= 4 is 46.5 Å². The van der Waals surface area contributed by atoms with E-state index in [0.29, 0.717) is 10.3 Å². The second-order valence-corrected chi connectivity index (χ2v) is 7.11. The van der Waals surface area contributed by atoms with Crippen LogP contribution in [0.1, 0.15) is 39.7 Å². The number of esters is 4. The maximum absolute atomic E-state index is 11.8. The summed E-state index contributed by atoms with van der Waals surface area (Å²) in [6.45, 7) is 4.40. The molecule has 1 saturated heterocycles. The highest BCUT2D eigenvalue weighted by molar-refractivity contribution is 14.1. The predicted molar refractivity (Wildman–Crippen MR) is 105 cm³/mol. The van der Waals surface area contributed by atoms with Gasteiger partial charge in [0.15, 0.2) is 24.5 Å². The lowest BCUT2D eigenvalue weighted by Crippen LogP contribution is -2.60. The minimum atomic E-state index is -1.25. The van der Waals surface area contributed by atoms with Gasteiger partial charge < -0.3 is 23.7 Å². The Labute approximate surface area is 185 Å². The van der Waals surface area contributed by atoms with Crippen molar-refractivity contribution < 1.29 is 42.9 Å². The third-order valence-electron chi connectivity index (χ3n) is 3.97. The first-order valence-electron chi connectivity index (χ1n) is 8.88. The van der Waals surface area contributed by atoms with E-state index in [0.717, 1.165) is 13.8 Å². The van der Waals surface area contributed by atoms with Crippen LogP contribution in [0, 0.1) is 0 Å². The smallest absolute Gasteiger partial charge is 0.303 e. The molecule has 13 heteroatoms. The Bertz CT molecular complexity index is 799. The van der Waals surface area contributed by atoms with E-state index < -0.39 is 54.5 Å². The van der Waals surface area contributed by atoms with E-state index in [2.05, 4.69) is 32.7 Å². The molecule has 5 atom stereocenters. The number of carbonyl (C=O) groups excluding carboxylic acids is 4. The summed E-state index contributed by atoms with van der Waals surface area (Å²) in [6, 6.07) is 0. The van der Waals surface area contributed by atoms with Crippen molar-refractivity contribution in [2.45, 2.75) is 62.8 Å². The highest BCUT2D eigenvalue weighted by Gasteiger charge is 2.53. The number of ether oxygens (including phenoxy) is 5. The molecular weight excluding hydrogens is 517 g/mol. The van der Waals surface area contributed by atoms with Gasteiger partial charge in [0.05, 0.1) is 4.43 Å². The van der Waals surface area contributed by atoms with Gasteiger partial charge >= 0.3 is 23.9 Å². The third kappa shape index (κ3) is 6.10. The average Bonchev–Trinajstić information content (AvgIpc) is 3.10. The minimum Gasteiger partial charge on any atom is -0.463 e. The third-order valence-corrected chi connectivity index (χ3v) is 4.66. The summed E-state index contributed by atoms with van der Waals surface area (Å²) in [4.78, 5) is 50.7. The van der Waals surface area contributed by atoms with E-state index in [-0.39, 0.29) is 6.61 Å². The molecule has 0 saturated carbocycles. The van der Waals surface area contributed by atoms with Crippen molar-refractivity contribution in [3.8, 4) is 0 Å². The Morgan fingerprint density at radius 2 is 1.53 bits per heavy atom. The number of alkyl halides is 1. The SMILES string of the molecule is CC(=O)OC[C@@H]1O[C@@H](n2ncnc2CI)[C@@H](OC(C)=O)[C@@H](OC(C)=O)[C@@H]1OC(C)=O. The molecule has 0 bridgehead atoms. The summed E-state index contributed by atoms with van der Waals surface area (Å²) < 4.78 is 28.9. The molecule has 1 aromatic heterocycles. The summed E-state index contributed by atoms with van der Waals surface area (Å²) in [6.07, 6.45) is -4.50. The van der Waals surface area contributed by atoms with Crippen LogP contribution in [0.4, 0.5) is 0 Å². The minimum absolute atomic E-state index is 0.303. The largest absolute Gasteiger partial charge is 0.463 e. The van der Waals surface area contributed by atoms with Gasteiger partial charge in [-0.2, -0.15) is 5.10 Å². The van der Waals surface area contributed by atoms with Crippen molar-refractivity contribution in [3.63, 3.8) is 0 Å². The van der Waals surface area contributed by atoms with Gasteiger partial charge in [0.2, 0.25) is 0 Å². The standard InChI is InChI=1S/C17H22IN3O9/c1-8(22)26-6-12-14(27-9(2)23)15(28-10(3)24)16(29-11(4)25)17(30-12)21-13(5-18)19-7-20-21/h7,12,14-17H,5-6H2,1-4H3/t12-,14+,15-,16-,17+/m0/s1. The molecule has 1 aliphatic heterocycles. The Morgan fingerprint density at radius 3 is 2.07 bits per heavy atom. The van der Waals surface area contributed by atoms with Gasteiger partial charge in [-0.15, -0.1) is 0 Å². The molecule has 12 nitrogen and oxygen atoms in total. The molecule has 2 heterocycles. The number of halogens is 1. The Kier molecular flexibility index (Phi) is 8.52. The molecule has 30 heavy (non-hydrogen) atoms. The monoisotopic (exact) mass is 539 g/mol. The second kappa shape index (κ2) is 10.7. The molecule has 1 aliphatic rings. The van der Waals surface area contributed by atoms with E-state index in [1.807, 2.05) is 0 Å². The van der Waals surface area contributed by atoms with Crippen molar-refractivity contribution in [3.05, 3.63) is 12.2 Å². The lowest BCUT2D eigenvalue weighted by atomic mass is 9.97. The Morgan fingerprint density at radius 1 is 0.967 bits per heavy atom. The molecule has 2 rings (SSSR count). The lowest BCUT2D eigenvalue weighted by Gasteiger charge is -2.44. The van der Waals surface area contributed by atoms with Crippen LogP contribution in [-0.2, 0) is 47.3 Å². The van der Waals surface area contributed by atoms with Gasteiger partial charge in [0.1, 0.15) is 24.9 Å². The molecule has 0 amide bonds. The number of aromatic nitrogens is 3. The molecule has 0 N–H and O–H groups in total. The van der Waals surface area contributed by atoms with Crippen LogP contribution in [-0.4, -0.2) is 69.7 Å². The van der Waals surface area contributed by atoms with Crippen LogP contribution >= 0.6 is 22.6 Å². The zero-order valence-electron chi connectivity index (χ0n) is 16.8. The Hall–Kier alpha value is -2.29. The van der Waals surface area contributed by atoms with E-state index in [9.17, 15) is 19.2 Å². The lowest BCUT2D eigenvalue weighted by molar-refractivity contribution is -0.270. The van der Waals surface area contributed by atoms with E-state index >= 15 is 0 Å². The number of carbonyl (C=O) groups is 4. The Balaban J connectivity index is 2.53. The first kappa shape index (κ1) is 24.0. The fourth-order valence-corrected chi connectivity index (χ4v) is 3.53. The van der Waals surface area contributed by atoms with Crippen LogP contribution in [0.2, 0.25) is 0 Å². The fraction of sp³-hybridized carbons (Fsp3) is 0.647. The zero-order chi connectivity index (χ0) is 22.4. The van der Waals surface area contributed by atoms with Gasteiger partial charge in [-0.1, -0.05) is 22.6 Å². The van der Waals surface area contributed by atoms with Crippen molar-refractivity contribution in [2.24, 2.45) is 0 Å². The fourth-order valence-electron chi connectivity index (χ4n) is 2.98. The average molecular weight is 539 g/mol. The molecule has 1 aromatic rings. The summed E-state index contributed by atoms with van der Waals surface area (Å²) in [5, 5.41) is 4.13. The number of rotatable bonds is 7. The summed E-state index contributed by atoms with van der Waals surface area (Å²) in [5.41, 5.74) is 0. The first-order chi connectivity index (χ1) is 14.1. The topological polar surface area (TPSA) is 145 Å². The number of nitrogens with zero attached hydrogens (tertiary/aromatic N) is 3. The van der Waals surface area contributed by atoms with Crippen LogP contribution in [0.3, 0.4) is 0 Å². The van der Waals surface area contributed by atoms with Crippen LogP contribution < -0.4 is 0 Å². The van der Waals surface area contributed by atoms with Gasteiger partial charge in [0, 0.05) is 27.7 Å². The van der Waals surface area contributed by atoms with Gasteiger partial charge in [0.25, 0.3) is 0 Å². The van der Waals surface area contributed by atoms with Crippen molar-refractivity contribution in [1.29, 1.82) is 0 Å². The zero-order valence-corrected chi connectivity index (χ0v) is 18.9. The van der Waals surface area contributed by atoms with Crippen molar-refractivity contribution in [2.75, 3.05) is 6.61 Å². The summed E-state index contributed by atoms with van der Waals surface area (Å²) in [5.74, 6) is -2.16.